The van der Waals surface area contributed by atoms with E-state index in [4.69, 9.17) is 4.74 Å². The zero-order valence-electron chi connectivity index (χ0n) is 21.0. The molecule has 2 aliphatic rings. The van der Waals surface area contributed by atoms with E-state index in [-0.39, 0.29) is 0 Å². The molecule has 5 heterocycles. The van der Waals surface area contributed by atoms with Gasteiger partial charge in [0.15, 0.2) is 5.65 Å². The average Bonchev–Trinajstić information content (AvgIpc) is 3.46. The van der Waals surface area contributed by atoms with Gasteiger partial charge in [0.25, 0.3) is 0 Å². The number of ether oxygens (including phenoxy) is 1. The lowest BCUT2D eigenvalue weighted by Gasteiger charge is -2.08. The Morgan fingerprint density at radius 1 is 0.944 bits per heavy atom. The highest BCUT2D eigenvalue weighted by Crippen LogP contribution is 2.33. The molecular formula is C27H31N7OS. The number of aryl methyl sites for hydroxylation is 3. The molecule has 1 aromatic carbocycles. The molecule has 1 aliphatic heterocycles. The quantitative estimate of drug-likeness (QED) is 0.292. The van der Waals surface area contributed by atoms with Crippen LogP contribution in [0.15, 0.2) is 43.0 Å². The maximum atomic E-state index is 5.07. The number of fused-ring (bicyclic) bond motifs is 2. The molecule has 36 heavy (non-hydrogen) atoms. The number of hydrogen-bond acceptors (Lipinski definition) is 8. The van der Waals surface area contributed by atoms with Crippen LogP contribution in [-0.4, -0.2) is 47.9 Å². The Hall–Kier alpha value is -3.30. The second kappa shape index (κ2) is 11.2. The Morgan fingerprint density at radius 3 is 2.42 bits per heavy atom. The highest BCUT2D eigenvalue weighted by Gasteiger charge is 2.22. The lowest BCUT2D eigenvalue weighted by atomic mass is 10.1. The van der Waals surface area contributed by atoms with Crippen molar-refractivity contribution >= 4 is 32.7 Å². The van der Waals surface area contributed by atoms with Gasteiger partial charge in [-0.15, -0.1) is 11.3 Å². The second-order valence-electron chi connectivity index (χ2n) is 9.09. The smallest absolute Gasteiger partial charge is 0.182 e. The van der Waals surface area contributed by atoms with Gasteiger partial charge in [-0.3, -0.25) is 4.68 Å². The predicted octanol–water partition coefficient (Wildman–Crippen LogP) is 6.03. The van der Waals surface area contributed by atoms with Crippen molar-refractivity contribution in [1.82, 2.24) is 34.7 Å². The summed E-state index contributed by atoms with van der Waals surface area (Å²) in [6.45, 7) is 7.90. The molecule has 1 aliphatic carbocycles. The van der Waals surface area contributed by atoms with E-state index in [0.29, 0.717) is 5.65 Å². The maximum absolute atomic E-state index is 5.07. The van der Waals surface area contributed by atoms with Gasteiger partial charge in [-0.25, -0.2) is 24.9 Å². The normalized spacial score (nSPS) is 15.2. The van der Waals surface area contributed by atoms with Crippen LogP contribution in [0.1, 0.15) is 54.5 Å². The van der Waals surface area contributed by atoms with E-state index in [1.165, 1.54) is 43.1 Å². The fourth-order valence-electron chi connectivity index (χ4n) is 3.97. The molecule has 0 N–H and O–H groups in total. The minimum Gasteiger partial charge on any atom is -0.381 e. The highest BCUT2D eigenvalue weighted by molar-refractivity contribution is 7.18. The number of thiazole rings is 1. The van der Waals surface area contributed by atoms with E-state index in [0.717, 1.165) is 57.9 Å². The van der Waals surface area contributed by atoms with Crippen molar-refractivity contribution in [1.29, 1.82) is 0 Å². The number of aromatic nitrogens is 7. The molecule has 1 saturated heterocycles. The van der Waals surface area contributed by atoms with E-state index in [9.17, 15) is 0 Å². The lowest BCUT2D eigenvalue weighted by molar-refractivity contribution is 0.0968. The van der Waals surface area contributed by atoms with E-state index in [2.05, 4.69) is 48.2 Å². The minimum absolute atomic E-state index is 0.627. The second-order valence-corrected chi connectivity index (χ2v) is 10.3. The molecule has 0 spiro atoms. The Labute approximate surface area is 214 Å². The monoisotopic (exact) mass is 501 g/mol. The minimum atomic E-state index is 0.627. The summed E-state index contributed by atoms with van der Waals surface area (Å²) in [5.74, 6) is 0. The molecule has 8 nitrogen and oxygen atoms in total. The van der Waals surface area contributed by atoms with Gasteiger partial charge in [0.1, 0.15) is 17.5 Å². The standard InChI is InChI=1S/C16H13N5S.C6H8N2.C5H10O/c1-8-9(2)20-16-15(19-8)14(17-7-18-16)11-4-5-13-12(6-11)21-10(3)22-13;1-4-7-8(5-1)6-2-3-6;1-2-4-6-5-3-1/h4-7H,1-3H3;1,4-6H,2-3H2;1-5H2. The van der Waals surface area contributed by atoms with Crippen molar-refractivity contribution in [2.45, 2.75) is 58.9 Å². The molecule has 186 valence electrons. The van der Waals surface area contributed by atoms with Gasteiger partial charge >= 0.3 is 0 Å². The van der Waals surface area contributed by atoms with E-state index >= 15 is 0 Å². The fourth-order valence-corrected chi connectivity index (χ4v) is 4.77. The molecule has 0 radical (unpaired) electrons. The zero-order valence-corrected chi connectivity index (χ0v) is 21.8. The first-order valence-corrected chi connectivity index (χ1v) is 13.3. The summed E-state index contributed by atoms with van der Waals surface area (Å²) in [4.78, 5) is 22.3. The Kier molecular flexibility index (Phi) is 7.58. The first kappa shape index (κ1) is 24.4. The number of benzene rings is 1. The number of nitrogens with zero attached hydrogens (tertiary/aromatic N) is 7. The van der Waals surface area contributed by atoms with Crippen molar-refractivity contribution in [3.63, 3.8) is 0 Å². The average molecular weight is 502 g/mol. The molecule has 0 amide bonds. The van der Waals surface area contributed by atoms with Crippen LogP contribution in [0.3, 0.4) is 0 Å². The summed E-state index contributed by atoms with van der Waals surface area (Å²) >= 11 is 1.69. The van der Waals surface area contributed by atoms with Gasteiger partial charge in [-0.1, -0.05) is 6.07 Å². The Balaban J connectivity index is 0.000000154. The summed E-state index contributed by atoms with van der Waals surface area (Å²) in [6.07, 6.45) is 12.0. The van der Waals surface area contributed by atoms with Crippen molar-refractivity contribution in [2.24, 2.45) is 0 Å². The summed E-state index contributed by atoms with van der Waals surface area (Å²) in [7, 11) is 0. The van der Waals surface area contributed by atoms with Gasteiger partial charge in [0.2, 0.25) is 0 Å². The molecule has 9 heteroatoms. The topological polar surface area (TPSA) is 91.5 Å². The fraction of sp³-hybridized carbons (Fsp3) is 0.407. The molecule has 0 bridgehead atoms. The maximum Gasteiger partial charge on any atom is 0.182 e. The van der Waals surface area contributed by atoms with Gasteiger partial charge < -0.3 is 4.74 Å². The first-order valence-electron chi connectivity index (χ1n) is 12.5. The highest BCUT2D eigenvalue weighted by atomic mass is 32.1. The van der Waals surface area contributed by atoms with E-state index < -0.39 is 0 Å². The molecule has 5 aromatic rings. The largest absolute Gasteiger partial charge is 0.381 e. The van der Waals surface area contributed by atoms with Crippen molar-refractivity contribution in [3.8, 4) is 11.3 Å². The van der Waals surface area contributed by atoms with E-state index in [1.54, 1.807) is 11.3 Å². The van der Waals surface area contributed by atoms with Gasteiger partial charge in [-0.2, -0.15) is 5.10 Å². The predicted molar refractivity (Wildman–Crippen MR) is 143 cm³/mol. The molecule has 4 aromatic heterocycles. The summed E-state index contributed by atoms with van der Waals surface area (Å²) in [5.41, 5.74) is 5.93. The van der Waals surface area contributed by atoms with Crippen LogP contribution in [0.4, 0.5) is 0 Å². The summed E-state index contributed by atoms with van der Waals surface area (Å²) in [5, 5.41) is 5.16. The van der Waals surface area contributed by atoms with Crippen LogP contribution in [0, 0.1) is 20.8 Å². The summed E-state index contributed by atoms with van der Waals surface area (Å²) in [6, 6.07) is 8.90. The molecule has 0 unspecified atom stereocenters. The molecule has 0 atom stereocenters. The first-order chi connectivity index (χ1) is 17.6. The van der Waals surface area contributed by atoms with Crippen LogP contribution in [0.25, 0.3) is 32.6 Å². The lowest BCUT2D eigenvalue weighted by Crippen LogP contribution is -2.03. The van der Waals surface area contributed by atoms with Crippen LogP contribution in [0.5, 0.6) is 0 Å². The van der Waals surface area contributed by atoms with E-state index in [1.807, 2.05) is 43.9 Å². The zero-order chi connectivity index (χ0) is 24.9. The van der Waals surface area contributed by atoms with Gasteiger partial charge in [0.05, 0.1) is 32.7 Å². The third-order valence-corrected chi connectivity index (χ3v) is 7.12. The Bertz CT molecular complexity index is 1430. The van der Waals surface area contributed by atoms with Crippen molar-refractivity contribution in [3.05, 3.63) is 59.4 Å². The van der Waals surface area contributed by atoms with Gasteiger partial charge in [-0.05, 0) is 71.1 Å². The molecular weight excluding hydrogens is 470 g/mol. The number of rotatable bonds is 2. The third-order valence-electron chi connectivity index (χ3n) is 6.17. The number of hydrogen-bond donors (Lipinski definition) is 0. The summed E-state index contributed by atoms with van der Waals surface area (Å²) < 4.78 is 8.28. The van der Waals surface area contributed by atoms with Gasteiger partial charge in [0, 0.05) is 31.2 Å². The van der Waals surface area contributed by atoms with Crippen LogP contribution < -0.4 is 0 Å². The Morgan fingerprint density at radius 2 is 1.75 bits per heavy atom. The SMILES string of the molecule is C1CCOCC1.Cc1nc2cc(-c3ncnc4nc(C)c(C)nc34)ccc2s1.c1cnn(C2CC2)c1. The molecule has 1 saturated carbocycles. The van der Waals surface area contributed by atoms with Crippen LogP contribution in [0.2, 0.25) is 0 Å². The molecule has 2 fully saturated rings. The van der Waals surface area contributed by atoms with Crippen molar-refractivity contribution in [2.75, 3.05) is 13.2 Å². The van der Waals surface area contributed by atoms with Crippen LogP contribution in [-0.2, 0) is 4.74 Å². The van der Waals surface area contributed by atoms with Crippen molar-refractivity contribution < 1.29 is 4.74 Å². The third kappa shape index (κ3) is 5.91. The molecule has 7 rings (SSSR count). The van der Waals surface area contributed by atoms with Crippen LogP contribution >= 0.6 is 11.3 Å².